The number of benzene rings is 1. The van der Waals surface area contributed by atoms with Crippen molar-refractivity contribution in [2.75, 3.05) is 6.54 Å². The molecule has 1 aromatic carbocycles. The van der Waals surface area contributed by atoms with E-state index in [1.807, 2.05) is 25.3 Å². The van der Waals surface area contributed by atoms with Crippen molar-refractivity contribution in [3.8, 4) is 0 Å². The van der Waals surface area contributed by atoms with Gasteiger partial charge in [0.1, 0.15) is 6.04 Å². The van der Waals surface area contributed by atoms with E-state index >= 15 is 0 Å². The zero-order valence-corrected chi connectivity index (χ0v) is 16.8. The van der Waals surface area contributed by atoms with E-state index in [-0.39, 0.29) is 17.7 Å². The van der Waals surface area contributed by atoms with Crippen LogP contribution >= 0.6 is 11.3 Å². The van der Waals surface area contributed by atoms with Crippen LogP contribution in [0.4, 0.5) is 0 Å². The average Bonchev–Trinajstić information content (AvgIpc) is 3.12. The summed E-state index contributed by atoms with van der Waals surface area (Å²) < 4.78 is 0. The van der Waals surface area contributed by atoms with Crippen LogP contribution in [0, 0.1) is 19.8 Å². The molecule has 0 fully saturated rings. The predicted molar refractivity (Wildman–Crippen MR) is 108 cm³/mol. The monoisotopic (exact) mass is 372 g/mol. The highest BCUT2D eigenvalue weighted by molar-refractivity contribution is 7.12. The van der Waals surface area contributed by atoms with Crippen molar-refractivity contribution in [2.24, 2.45) is 5.92 Å². The Labute approximate surface area is 160 Å². The van der Waals surface area contributed by atoms with E-state index in [1.165, 1.54) is 28.0 Å². The highest BCUT2D eigenvalue weighted by Crippen LogP contribution is 2.13. The molecular formula is C21H28N2O2S. The molecule has 2 rings (SSSR count). The highest BCUT2D eigenvalue weighted by atomic mass is 32.1. The number of carbonyl (C=O) groups excluding carboxylic acids is 2. The summed E-state index contributed by atoms with van der Waals surface area (Å²) in [5.41, 5.74) is 3.87. The van der Waals surface area contributed by atoms with Gasteiger partial charge in [0, 0.05) is 6.54 Å². The van der Waals surface area contributed by atoms with Gasteiger partial charge in [-0.2, -0.15) is 0 Å². The predicted octanol–water partition coefficient (Wildman–Crippen LogP) is 3.87. The summed E-state index contributed by atoms with van der Waals surface area (Å²) in [7, 11) is 0. The molecule has 2 amide bonds. The summed E-state index contributed by atoms with van der Waals surface area (Å²) in [6.45, 7) is 8.69. The number of thiophene rings is 1. The van der Waals surface area contributed by atoms with Gasteiger partial charge in [0.2, 0.25) is 5.91 Å². The number of hydrogen-bond donors (Lipinski definition) is 2. The Morgan fingerprint density at radius 2 is 1.92 bits per heavy atom. The van der Waals surface area contributed by atoms with Crippen molar-refractivity contribution in [1.29, 1.82) is 0 Å². The molecule has 0 spiro atoms. The van der Waals surface area contributed by atoms with Gasteiger partial charge in [-0.3, -0.25) is 9.59 Å². The van der Waals surface area contributed by atoms with Crippen LogP contribution in [0.15, 0.2) is 35.7 Å². The van der Waals surface area contributed by atoms with Crippen molar-refractivity contribution in [2.45, 2.75) is 46.6 Å². The molecule has 2 N–H and O–H groups in total. The molecule has 26 heavy (non-hydrogen) atoms. The standard InChI is InChI=1S/C21H28N2O2S/c1-14(2)19(23-20(24)18-8-6-12-26-18)21(25)22-11-5-7-17-10-9-15(3)13-16(17)4/h6,8-10,12-14,19H,5,7,11H2,1-4H3,(H,22,25)(H,23,24). The normalized spacial score (nSPS) is 12.0. The summed E-state index contributed by atoms with van der Waals surface area (Å²) in [4.78, 5) is 25.3. The average molecular weight is 373 g/mol. The van der Waals surface area contributed by atoms with Crippen molar-refractivity contribution in [1.82, 2.24) is 10.6 Å². The summed E-state index contributed by atoms with van der Waals surface area (Å²) in [5.74, 6) is -0.284. The van der Waals surface area contributed by atoms with Gasteiger partial charge in [-0.15, -0.1) is 11.3 Å². The number of aryl methyl sites for hydroxylation is 3. The van der Waals surface area contributed by atoms with Gasteiger partial charge in [0.05, 0.1) is 4.88 Å². The second-order valence-electron chi connectivity index (χ2n) is 7.00. The highest BCUT2D eigenvalue weighted by Gasteiger charge is 2.24. The lowest BCUT2D eigenvalue weighted by Gasteiger charge is -2.21. The van der Waals surface area contributed by atoms with Gasteiger partial charge in [-0.05, 0) is 55.2 Å². The fourth-order valence-corrected chi connectivity index (χ4v) is 3.51. The van der Waals surface area contributed by atoms with Crippen molar-refractivity contribution < 1.29 is 9.59 Å². The molecule has 0 bridgehead atoms. The second-order valence-corrected chi connectivity index (χ2v) is 7.94. The van der Waals surface area contributed by atoms with E-state index < -0.39 is 6.04 Å². The van der Waals surface area contributed by atoms with Gasteiger partial charge in [0.15, 0.2) is 0 Å². The molecule has 0 aliphatic carbocycles. The topological polar surface area (TPSA) is 58.2 Å². The Morgan fingerprint density at radius 3 is 2.54 bits per heavy atom. The molecule has 5 heteroatoms. The van der Waals surface area contributed by atoms with Crippen molar-refractivity contribution in [3.05, 3.63) is 57.3 Å². The summed E-state index contributed by atoms with van der Waals surface area (Å²) in [5, 5.41) is 7.67. The van der Waals surface area contributed by atoms with Crippen LogP contribution in [0.2, 0.25) is 0 Å². The molecule has 1 unspecified atom stereocenters. The zero-order chi connectivity index (χ0) is 19.1. The van der Waals surface area contributed by atoms with Crippen molar-refractivity contribution in [3.63, 3.8) is 0 Å². The lowest BCUT2D eigenvalue weighted by molar-refractivity contribution is -0.123. The van der Waals surface area contributed by atoms with Crippen LogP contribution in [0.5, 0.6) is 0 Å². The van der Waals surface area contributed by atoms with E-state index in [2.05, 4.69) is 42.7 Å². The van der Waals surface area contributed by atoms with Crippen LogP contribution in [-0.4, -0.2) is 24.4 Å². The van der Waals surface area contributed by atoms with Crippen LogP contribution in [0.25, 0.3) is 0 Å². The minimum atomic E-state index is -0.522. The maximum Gasteiger partial charge on any atom is 0.262 e. The number of amides is 2. The molecule has 1 heterocycles. The first-order chi connectivity index (χ1) is 12.4. The van der Waals surface area contributed by atoms with E-state index in [0.717, 1.165) is 12.8 Å². The van der Waals surface area contributed by atoms with Crippen LogP contribution in [0.3, 0.4) is 0 Å². The summed E-state index contributed by atoms with van der Waals surface area (Å²) in [6.07, 6.45) is 1.81. The third kappa shape index (κ3) is 5.70. The van der Waals surface area contributed by atoms with Gasteiger partial charge < -0.3 is 10.6 Å². The summed E-state index contributed by atoms with van der Waals surface area (Å²) in [6, 6.07) is 9.53. The Kier molecular flexibility index (Phi) is 7.39. The minimum absolute atomic E-state index is 0.0262. The lowest BCUT2D eigenvalue weighted by Crippen LogP contribution is -2.49. The van der Waals surface area contributed by atoms with Crippen LogP contribution in [-0.2, 0) is 11.2 Å². The molecule has 0 saturated carbocycles. The molecular weight excluding hydrogens is 344 g/mol. The van der Waals surface area contributed by atoms with Crippen LogP contribution in [0.1, 0.15) is 46.6 Å². The minimum Gasteiger partial charge on any atom is -0.354 e. The Balaban J connectivity index is 1.82. The Hall–Kier alpha value is -2.14. The van der Waals surface area contributed by atoms with E-state index in [9.17, 15) is 9.59 Å². The molecule has 0 aliphatic heterocycles. The molecule has 0 aliphatic rings. The van der Waals surface area contributed by atoms with E-state index in [0.29, 0.717) is 11.4 Å². The number of nitrogens with one attached hydrogen (secondary N) is 2. The van der Waals surface area contributed by atoms with Gasteiger partial charge >= 0.3 is 0 Å². The molecule has 0 saturated heterocycles. The Bertz CT molecular complexity index is 738. The van der Waals surface area contributed by atoms with Crippen molar-refractivity contribution >= 4 is 23.2 Å². The largest absolute Gasteiger partial charge is 0.354 e. The molecule has 1 aromatic heterocycles. The molecule has 1 atom stereocenters. The maximum absolute atomic E-state index is 12.5. The molecule has 140 valence electrons. The van der Waals surface area contributed by atoms with Gasteiger partial charge in [-0.25, -0.2) is 0 Å². The van der Waals surface area contributed by atoms with E-state index in [1.54, 1.807) is 6.07 Å². The SMILES string of the molecule is Cc1ccc(CCCNC(=O)C(NC(=O)c2cccs2)C(C)C)c(C)c1. The quantitative estimate of drug-likeness (QED) is 0.691. The second kappa shape index (κ2) is 9.53. The van der Waals surface area contributed by atoms with E-state index in [4.69, 9.17) is 0 Å². The zero-order valence-electron chi connectivity index (χ0n) is 16.0. The molecule has 2 aromatic rings. The summed E-state index contributed by atoms with van der Waals surface area (Å²) >= 11 is 1.37. The molecule has 0 radical (unpaired) electrons. The number of rotatable bonds is 8. The fourth-order valence-electron chi connectivity index (χ4n) is 2.88. The molecule has 4 nitrogen and oxygen atoms in total. The fraction of sp³-hybridized carbons (Fsp3) is 0.429. The maximum atomic E-state index is 12.5. The third-order valence-corrected chi connectivity index (χ3v) is 5.27. The number of carbonyl (C=O) groups is 2. The number of hydrogen-bond acceptors (Lipinski definition) is 3. The van der Waals surface area contributed by atoms with Crippen LogP contribution < -0.4 is 10.6 Å². The third-order valence-electron chi connectivity index (χ3n) is 4.40. The smallest absolute Gasteiger partial charge is 0.262 e. The lowest BCUT2D eigenvalue weighted by atomic mass is 10.0. The first-order valence-electron chi connectivity index (χ1n) is 9.06. The van der Waals surface area contributed by atoms with Gasteiger partial charge in [-0.1, -0.05) is 43.7 Å². The first-order valence-corrected chi connectivity index (χ1v) is 9.94. The first kappa shape index (κ1) is 20.2. The van der Waals surface area contributed by atoms with Gasteiger partial charge in [0.25, 0.3) is 5.91 Å². The Morgan fingerprint density at radius 1 is 1.15 bits per heavy atom.